The van der Waals surface area contributed by atoms with Gasteiger partial charge in [-0.15, -0.1) is 0 Å². The predicted octanol–water partition coefficient (Wildman–Crippen LogP) is 5.88. The van der Waals surface area contributed by atoms with Gasteiger partial charge in [0.25, 0.3) is 0 Å². The highest BCUT2D eigenvalue weighted by atomic mass is 16.1. The summed E-state index contributed by atoms with van der Waals surface area (Å²) >= 11 is 0. The molecule has 0 aromatic heterocycles. The van der Waals surface area contributed by atoms with Crippen LogP contribution in [0.15, 0.2) is 109 Å². The molecular weight excluding hydrogens is 358 g/mol. The molecule has 29 heavy (non-hydrogen) atoms. The van der Waals surface area contributed by atoms with Crippen LogP contribution in [0.25, 0.3) is 10.8 Å². The number of anilines is 1. The summed E-state index contributed by atoms with van der Waals surface area (Å²) in [7, 11) is 0. The minimum atomic E-state index is -0.0961. The third-order valence-electron chi connectivity index (χ3n) is 4.74. The second-order valence-corrected chi connectivity index (χ2v) is 6.61. The number of nitrogens with one attached hydrogen (secondary N) is 1. The molecule has 0 spiro atoms. The average molecular weight is 377 g/mol. The topological polar surface area (TPSA) is 46.2 Å². The second-order valence-electron chi connectivity index (χ2n) is 6.61. The average Bonchev–Trinajstić information content (AvgIpc) is 2.79. The first kappa shape index (κ1) is 18.4. The van der Waals surface area contributed by atoms with Gasteiger partial charge in [-0.05, 0) is 22.9 Å². The molecule has 0 amide bonds. The zero-order chi connectivity index (χ0) is 20.1. The van der Waals surface area contributed by atoms with Crippen LogP contribution >= 0.6 is 0 Å². The molecule has 0 bridgehead atoms. The highest BCUT2D eigenvalue weighted by Gasteiger charge is 2.12. The van der Waals surface area contributed by atoms with Gasteiger partial charge in [0.15, 0.2) is 11.6 Å². The largest absolute Gasteiger partial charge is 0.361 e. The van der Waals surface area contributed by atoms with Gasteiger partial charge in [-0.25, -0.2) is 0 Å². The lowest BCUT2D eigenvalue weighted by molar-refractivity contribution is 0.103. The molecule has 0 unspecified atom stereocenters. The second kappa shape index (κ2) is 8.36. The predicted molar refractivity (Wildman–Crippen MR) is 117 cm³/mol. The van der Waals surface area contributed by atoms with E-state index in [9.17, 15) is 9.59 Å². The Hall–Kier alpha value is -3.98. The van der Waals surface area contributed by atoms with Crippen LogP contribution < -0.4 is 5.32 Å². The normalized spacial score (nSPS) is 10.9. The number of carbonyl (C=O) groups excluding carboxylic acids is 2. The number of allylic oxidation sites excluding steroid dienone is 1. The molecule has 140 valence electrons. The van der Waals surface area contributed by atoms with E-state index in [0.29, 0.717) is 22.4 Å². The van der Waals surface area contributed by atoms with Gasteiger partial charge in [-0.3, -0.25) is 9.59 Å². The number of carbonyl (C=O) groups is 2. The minimum absolute atomic E-state index is 0.0671. The standard InChI is InChI=1S/C26H19NO2/c28-25(22-15-8-12-19-9-4-5-13-21(19)22)17-18-27-24-16-7-6-14-23(24)26(29)20-10-2-1-3-11-20/h1-18,27H. The van der Waals surface area contributed by atoms with E-state index in [1.807, 2.05) is 78.9 Å². The molecule has 4 aromatic rings. The van der Waals surface area contributed by atoms with E-state index < -0.39 is 0 Å². The molecule has 3 heteroatoms. The SMILES string of the molecule is O=C(c1ccccc1)c1ccccc1NC=CC(=O)c1cccc2ccccc12. The van der Waals surface area contributed by atoms with Crippen LogP contribution in [-0.4, -0.2) is 11.6 Å². The van der Waals surface area contributed by atoms with Crippen molar-refractivity contribution in [3.8, 4) is 0 Å². The fraction of sp³-hybridized carbons (Fsp3) is 0. The summed E-state index contributed by atoms with van der Waals surface area (Å²) < 4.78 is 0. The molecule has 0 aliphatic rings. The van der Waals surface area contributed by atoms with E-state index in [0.717, 1.165) is 10.8 Å². The quantitative estimate of drug-likeness (QED) is 0.337. The monoisotopic (exact) mass is 377 g/mol. The van der Waals surface area contributed by atoms with Crippen molar-refractivity contribution in [3.05, 3.63) is 126 Å². The van der Waals surface area contributed by atoms with Crippen molar-refractivity contribution in [3.63, 3.8) is 0 Å². The molecule has 0 heterocycles. The molecule has 0 saturated heterocycles. The van der Waals surface area contributed by atoms with Gasteiger partial charge in [0.2, 0.25) is 0 Å². The third kappa shape index (κ3) is 3.99. The first-order chi connectivity index (χ1) is 14.2. The van der Waals surface area contributed by atoms with Gasteiger partial charge in [0, 0.05) is 34.7 Å². The Morgan fingerprint density at radius 1 is 0.655 bits per heavy atom. The van der Waals surface area contributed by atoms with Crippen molar-refractivity contribution in [1.29, 1.82) is 0 Å². The number of hydrogen-bond acceptors (Lipinski definition) is 3. The smallest absolute Gasteiger partial charge is 0.195 e. The number of hydrogen-bond donors (Lipinski definition) is 1. The maximum absolute atomic E-state index is 12.8. The Labute approximate surface area is 169 Å². The van der Waals surface area contributed by atoms with E-state index >= 15 is 0 Å². The van der Waals surface area contributed by atoms with Crippen LogP contribution in [0.2, 0.25) is 0 Å². The number of para-hydroxylation sites is 1. The van der Waals surface area contributed by atoms with Crippen LogP contribution in [0.4, 0.5) is 5.69 Å². The van der Waals surface area contributed by atoms with Crippen molar-refractivity contribution in [2.45, 2.75) is 0 Å². The first-order valence-electron chi connectivity index (χ1n) is 9.38. The van der Waals surface area contributed by atoms with Crippen molar-refractivity contribution in [1.82, 2.24) is 0 Å². The lowest BCUT2D eigenvalue weighted by atomic mass is 10.0. The zero-order valence-corrected chi connectivity index (χ0v) is 15.7. The van der Waals surface area contributed by atoms with E-state index in [1.54, 1.807) is 24.4 Å². The van der Waals surface area contributed by atoms with Crippen LogP contribution in [0.5, 0.6) is 0 Å². The maximum atomic E-state index is 12.8. The van der Waals surface area contributed by atoms with Gasteiger partial charge < -0.3 is 5.32 Å². The molecule has 0 saturated carbocycles. The first-order valence-corrected chi connectivity index (χ1v) is 9.38. The lowest BCUT2D eigenvalue weighted by Crippen LogP contribution is -2.05. The summed E-state index contributed by atoms with van der Waals surface area (Å²) in [6.45, 7) is 0. The van der Waals surface area contributed by atoms with Crippen LogP contribution in [0.1, 0.15) is 26.3 Å². The van der Waals surface area contributed by atoms with Gasteiger partial charge in [0.1, 0.15) is 0 Å². The van der Waals surface area contributed by atoms with Crippen molar-refractivity contribution in [2.75, 3.05) is 5.32 Å². The number of rotatable bonds is 6. The van der Waals surface area contributed by atoms with Crippen LogP contribution in [0, 0.1) is 0 Å². The van der Waals surface area contributed by atoms with E-state index in [2.05, 4.69) is 5.32 Å². The summed E-state index contributed by atoms with van der Waals surface area (Å²) in [4.78, 5) is 25.5. The zero-order valence-electron chi connectivity index (χ0n) is 15.7. The molecule has 0 aliphatic carbocycles. The number of fused-ring (bicyclic) bond motifs is 1. The van der Waals surface area contributed by atoms with Gasteiger partial charge in [-0.2, -0.15) is 0 Å². The molecule has 0 radical (unpaired) electrons. The Morgan fingerprint density at radius 3 is 2.17 bits per heavy atom. The Bertz CT molecular complexity index is 1200. The van der Waals surface area contributed by atoms with E-state index in [1.165, 1.54) is 6.08 Å². The van der Waals surface area contributed by atoms with E-state index in [-0.39, 0.29) is 11.6 Å². The number of benzene rings is 4. The fourth-order valence-corrected chi connectivity index (χ4v) is 3.29. The van der Waals surface area contributed by atoms with Crippen molar-refractivity contribution >= 4 is 28.0 Å². The Balaban J connectivity index is 1.56. The molecule has 4 rings (SSSR count). The van der Waals surface area contributed by atoms with Gasteiger partial charge >= 0.3 is 0 Å². The summed E-state index contributed by atoms with van der Waals surface area (Å²) in [6.07, 6.45) is 3.08. The maximum Gasteiger partial charge on any atom is 0.195 e. The molecular formula is C26H19NO2. The summed E-state index contributed by atoms with van der Waals surface area (Å²) in [5.74, 6) is -0.163. The summed E-state index contributed by atoms with van der Waals surface area (Å²) in [6, 6.07) is 29.9. The molecule has 0 atom stereocenters. The van der Waals surface area contributed by atoms with Crippen LogP contribution in [-0.2, 0) is 0 Å². The summed E-state index contributed by atoms with van der Waals surface area (Å²) in [5, 5.41) is 5.04. The lowest BCUT2D eigenvalue weighted by Gasteiger charge is -2.08. The Morgan fingerprint density at radius 2 is 1.31 bits per heavy atom. The molecule has 1 N–H and O–H groups in total. The van der Waals surface area contributed by atoms with E-state index in [4.69, 9.17) is 0 Å². The molecule has 3 nitrogen and oxygen atoms in total. The van der Waals surface area contributed by atoms with Gasteiger partial charge in [-0.1, -0.05) is 84.9 Å². The molecule has 0 aliphatic heterocycles. The fourth-order valence-electron chi connectivity index (χ4n) is 3.29. The number of ketones is 2. The minimum Gasteiger partial charge on any atom is -0.361 e. The Kier molecular flexibility index (Phi) is 5.30. The van der Waals surface area contributed by atoms with Crippen molar-refractivity contribution < 1.29 is 9.59 Å². The molecule has 4 aromatic carbocycles. The molecule has 0 fully saturated rings. The van der Waals surface area contributed by atoms with Crippen molar-refractivity contribution in [2.24, 2.45) is 0 Å². The third-order valence-corrected chi connectivity index (χ3v) is 4.74. The highest BCUT2D eigenvalue weighted by Crippen LogP contribution is 2.21. The highest BCUT2D eigenvalue weighted by molar-refractivity contribution is 6.14. The van der Waals surface area contributed by atoms with Gasteiger partial charge in [0.05, 0.1) is 0 Å². The summed E-state index contributed by atoms with van der Waals surface area (Å²) in [5.41, 5.74) is 2.48. The van der Waals surface area contributed by atoms with Crippen LogP contribution in [0.3, 0.4) is 0 Å².